The summed E-state index contributed by atoms with van der Waals surface area (Å²) in [5, 5.41) is 1.09. The maximum atomic E-state index is 4.35. The minimum Gasteiger partial charge on any atom is -0.334 e. The van der Waals surface area contributed by atoms with Gasteiger partial charge in [-0.05, 0) is 6.92 Å². The number of aromatic nitrogens is 1. The molecule has 0 aliphatic carbocycles. The van der Waals surface area contributed by atoms with Crippen LogP contribution in [0.5, 0.6) is 0 Å². The Morgan fingerprint density at radius 1 is 0.824 bits per heavy atom. The van der Waals surface area contributed by atoms with Crippen LogP contribution in [0.15, 0.2) is 0 Å². The fourth-order valence-electron chi connectivity index (χ4n) is 1.13. The van der Waals surface area contributed by atoms with Crippen molar-refractivity contribution in [3.05, 3.63) is 28.3 Å². The fourth-order valence-corrected chi connectivity index (χ4v) is 1.96. The standard InChI is InChI=1S/C10H9NS.5W/c1-6-4-9-10(5-7(6)2)12-8(3)11-9;;;;;/h1-3H3;;;;;/q-2;;;;;. The Hall–Kier alpha value is 2.55. The van der Waals surface area contributed by atoms with Gasteiger partial charge in [0.25, 0.3) is 0 Å². The summed E-state index contributed by atoms with van der Waals surface area (Å²) in [6, 6.07) is 6.55. The summed E-state index contributed by atoms with van der Waals surface area (Å²) in [4.78, 5) is 4.35. The maximum absolute atomic E-state index is 4.35. The largest absolute Gasteiger partial charge is 0.334 e. The van der Waals surface area contributed by atoms with Gasteiger partial charge in [-0.1, -0.05) is 0 Å². The summed E-state index contributed by atoms with van der Waals surface area (Å²) in [5.41, 5.74) is 3.28. The average molecular weight is 1090 g/mol. The summed E-state index contributed by atoms with van der Waals surface area (Å²) in [6.45, 7) is 6.11. The second-order valence-electron chi connectivity index (χ2n) is 2.91. The van der Waals surface area contributed by atoms with E-state index in [0.717, 1.165) is 20.8 Å². The average Bonchev–Trinajstić information content (AvgIpc) is 2.30. The van der Waals surface area contributed by atoms with Gasteiger partial charge in [0.05, 0.1) is 5.01 Å². The SMILES string of the molecule is Cc1nc2[c-]c(C)c(C)[c-]c2s1.[W].[W].[W].[W].[W]. The van der Waals surface area contributed by atoms with Gasteiger partial charge >= 0.3 is 0 Å². The number of hydrogen-bond donors (Lipinski definition) is 0. The molecule has 1 aromatic heterocycles. The smallest absolute Gasteiger partial charge is 0.0600 e. The quantitative estimate of drug-likeness (QED) is 0.371. The van der Waals surface area contributed by atoms with E-state index in [2.05, 4.69) is 24.0 Å². The van der Waals surface area contributed by atoms with Crippen molar-refractivity contribution in [2.24, 2.45) is 0 Å². The molecular formula is C10H9NSW5-2. The summed E-state index contributed by atoms with van der Waals surface area (Å²) in [7, 11) is 0. The third-order valence-electron chi connectivity index (χ3n) is 1.90. The van der Waals surface area contributed by atoms with Gasteiger partial charge in [0.15, 0.2) is 0 Å². The summed E-state index contributed by atoms with van der Waals surface area (Å²) >= 11 is 1.68. The van der Waals surface area contributed by atoms with Gasteiger partial charge in [0.1, 0.15) is 0 Å². The molecule has 0 saturated carbocycles. The number of thiazole rings is 1. The van der Waals surface area contributed by atoms with Crippen molar-refractivity contribution in [1.29, 1.82) is 0 Å². The first kappa shape index (κ1) is 27.8. The predicted octanol–water partition coefficient (Wildman–Crippen LogP) is 2.81. The third kappa shape index (κ3) is 7.21. The van der Waals surface area contributed by atoms with Crippen molar-refractivity contribution < 1.29 is 105 Å². The first-order valence-electron chi connectivity index (χ1n) is 3.86. The molecule has 0 aliphatic heterocycles. The van der Waals surface area contributed by atoms with Gasteiger partial charge in [-0.2, -0.15) is 4.70 Å². The normalized spacial score (nSPS) is 7.71. The van der Waals surface area contributed by atoms with Crippen LogP contribution in [0.2, 0.25) is 0 Å². The second-order valence-corrected chi connectivity index (χ2v) is 4.11. The Morgan fingerprint density at radius 3 is 1.82 bits per heavy atom. The molecular weight excluding hydrogens is 1090 g/mol. The molecule has 0 unspecified atom stereocenters. The van der Waals surface area contributed by atoms with Crippen LogP contribution >= 0.6 is 11.3 Å². The summed E-state index contributed by atoms with van der Waals surface area (Å²) in [5.74, 6) is 0. The monoisotopic (exact) mass is 1090 g/mol. The van der Waals surface area contributed by atoms with Gasteiger partial charge in [0, 0.05) is 105 Å². The maximum Gasteiger partial charge on any atom is 0.0600 e. The molecule has 0 amide bonds. The van der Waals surface area contributed by atoms with E-state index < -0.39 is 0 Å². The Balaban J connectivity index is -0.000000169. The Bertz CT molecular complexity index is 404. The number of rotatable bonds is 0. The van der Waals surface area contributed by atoms with E-state index >= 15 is 0 Å². The molecule has 92 valence electrons. The molecule has 1 nitrogen and oxygen atoms in total. The van der Waals surface area contributed by atoms with Crippen LogP contribution in [-0.2, 0) is 105 Å². The van der Waals surface area contributed by atoms with E-state index in [4.69, 9.17) is 0 Å². The van der Waals surface area contributed by atoms with E-state index in [1.54, 1.807) is 11.3 Å². The van der Waals surface area contributed by atoms with Crippen molar-refractivity contribution in [1.82, 2.24) is 4.98 Å². The van der Waals surface area contributed by atoms with Gasteiger partial charge in [-0.25, -0.2) is 11.3 Å². The molecule has 1 heterocycles. The van der Waals surface area contributed by atoms with Crippen LogP contribution in [0.1, 0.15) is 16.1 Å². The van der Waals surface area contributed by atoms with Gasteiger partial charge < -0.3 is 4.98 Å². The van der Waals surface area contributed by atoms with Gasteiger partial charge in [-0.15, -0.1) is 19.4 Å². The molecule has 0 aliphatic rings. The minimum atomic E-state index is 0. The number of benzene rings is 1. The first-order chi connectivity index (χ1) is 5.66. The zero-order valence-corrected chi connectivity index (χ0v) is 24.9. The molecule has 0 spiro atoms. The summed E-state index contributed by atoms with van der Waals surface area (Å²) < 4.78 is 1.12. The van der Waals surface area contributed by atoms with Gasteiger partial charge in [-0.3, -0.25) is 23.3 Å². The van der Waals surface area contributed by atoms with Crippen LogP contribution in [-0.4, -0.2) is 4.98 Å². The first-order valence-corrected chi connectivity index (χ1v) is 4.67. The molecule has 0 N–H and O–H groups in total. The molecule has 0 radical (unpaired) electrons. The molecule has 2 rings (SSSR count). The van der Waals surface area contributed by atoms with E-state index in [1.807, 2.05) is 13.8 Å². The summed E-state index contributed by atoms with van der Waals surface area (Å²) in [6.07, 6.45) is 0. The van der Waals surface area contributed by atoms with Crippen molar-refractivity contribution in [2.75, 3.05) is 0 Å². The third-order valence-corrected chi connectivity index (χ3v) is 2.79. The molecule has 0 saturated heterocycles. The van der Waals surface area contributed by atoms with Crippen molar-refractivity contribution in [2.45, 2.75) is 20.8 Å². The zero-order chi connectivity index (χ0) is 8.72. The molecule has 1 aromatic carbocycles. The van der Waals surface area contributed by atoms with Crippen molar-refractivity contribution in [3.8, 4) is 0 Å². The van der Waals surface area contributed by atoms with E-state index in [9.17, 15) is 0 Å². The van der Waals surface area contributed by atoms with Crippen LogP contribution in [0, 0.1) is 32.9 Å². The Morgan fingerprint density at radius 2 is 1.29 bits per heavy atom. The van der Waals surface area contributed by atoms with E-state index in [-0.39, 0.29) is 105 Å². The number of aryl methyl sites for hydroxylation is 3. The molecule has 7 heteroatoms. The Kier molecular flexibility index (Phi) is 20.1. The number of fused-ring (bicyclic) bond motifs is 1. The second kappa shape index (κ2) is 12.3. The molecule has 2 aromatic rings. The number of nitrogens with zero attached hydrogens (tertiary/aromatic N) is 1. The van der Waals surface area contributed by atoms with Crippen LogP contribution < -0.4 is 0 Å². The van der Waals surface area contributed by atoms with E-state index in [1.165, 1.54) is 5.56 Å². The van der Waals surface area contributed by atoms with Crippen molar-refractivity contribution >= 4 is 21.6 Å². The molecule has 0 atom stereocenters. The van der Waals surface area contributed by atoms with Gasteiger partial charge in [0.2, 0.25) is 0 Å². The molecule has 0 bridgehead atoms. The van der Waals surface area contributed by atoms with Crippen LogP contribution in [0.4, 0.5) is 0 Å². The minimum absolute atomic E-state index is 0. The molecule has 0 fully saturated rings. The van der Waals surface area contributed by atoms with Crippen LogP contribution in [0.3, 0.4) is 0 Å². The zero-order valence-electron chi connectivity index (χ0n) is 9.40. The van der Waals surface area contributed by atoms with Crippen LogP contribution in [0.25, 0.3) is 10.2 Å². The van der Waals surface area contributed by atoms with E-state index in [0.29, 0.717) is 0 Å². The Labute approximate surface area is 178 Å². The molecule has 17 heavy (non-hydrogen) atoms. The fraction of sp³-hybridized carbons (Fsp3) is 0.300. The predicted molar refractivity (Wildman–Crippen MR) is 51.5 cm³/mol. The number of hydrogen-bond acceptors (Lipinski definition) is 2. The topological polar surface area (TPSA) is 12.9 Å². The van der Waals surface area contributed by atoms with Crippen molar-refractivity contribution in [3.63, 3.8) is 0 Å².